The van der Waals surface area contributed by atoms with Crippen molar-refractivity contribution in [2.75, 3.05) is 6.54 Å². The summed E-state index contributed by atoms with van der Waals surface area (Å²) in [6.45, 7) is 0.738. The van der Waals surface area contributed by atoms with Gasteiger partial charge in [0.25, 0.3) is 0 Å². The van der Waals surface area contributed by atoms with Crippen molar-refractivity contribution in [3.05, 3.63) is 16.1 Å². The first-order valence-corrected chi connectivity index (χ1v) is 5.95. The van der Waals surface area contributed by atoms with Crippen molar-refractivity contribution < 1.29 is 9.90 Å². The zero-order chi connectivity index (χ0) is 11.1. The molecule has 1 heterocycles. The zero-order valence-electron chi connectivity index (χ0n) is 8.61. The van der Waals surface area contributed by atoms with Crippen LogP contribution in [0.1, 0.15) is 30.0 Å². The Morgan fingerprint density at radius 2 is 2.27 bits per heavy atom. The van der Waals surface area contributed by atoms with Crippen molar-refractivity contribution in [2.45, 2.75) is 32.1 Å². The second kappa shape index (κ2) is 6.53. The van der Waals surface area contributed by atoms with Crippen LogP contribution in [0.3, 0.4) is 0 Å². The van der Waals surface area contributed by atoms with E-state index in [0.29, 0.717) is 5.69 Å². The molecule has 5 heteroatoms. The Bertz CT molecular complexity index is 312. The number of carboxylic acid groups (broad SMARTS) is 1. The molecule has 0 spiro atoms. The number of unbranched alkanes of at least 4 members (excludes halogenated alkanes) is 2. The maximum Gasteiger partial charge on any atom is 0.309 e. The summed E-state index contributed by atoms with van der Waals surface area (Å²) in [5.41, 5.74) is 6.06. The van der Waals surface area contributed by atoms with Crippen LogP contribution < -0.4 is 5.73 Å². The quantitative estimate of drug-likeness (QED) is 0.692. The lowest BCUT2D eigenvalue weighted by Gasteiger charge is -1.95. The monoisotopic (exact) mass is 228 g/mol. The van der Waals surface area contributed by atoms with E-state index in [1.165, 1.54) is 0 Å². The molecule has 1 aromatic heterocycles. The number of nitrogens with zero attached hydrogens (tertiary/aromatic N) is 1. The van der Waals surface area contributed by atoms with Crippen LogP contribution in [0.5, 0.6) is 0 Å². The van der Waals surface area contributed by atoms with Crippen LogP contribution in [-0.4, -0.2) is 22.6 Å². The molecule has 0 aliphatic carbocycles. The Hall–Kier alpha value is -0.940. The molecule has 4 nitrogen and oxygen atoms in total. The Balaban J connectivity index is 2.29. The summed E-state index contributed by atoms with van der Waals surface area (Å²) in [5.74, 6) is -0.824. The van der Waals surface area contributed by atoms with Gasteiger partial charge >= 0.3 is 5.97 Å². The first-order valence-electron chi connectivity index (χ1n) is 5.07. The first kappa shape index (κ1) is 12.1. The molecule has 1 rings (SSSR count). The van der Waals surface area contributed by atoms with Crippen LogP contribution in [0.25, 0.3) is 0 Å². The van der Waals surface area contributed by atoms with Crippen molar-refractivity contribution in [1.29, 1.82) is 0 Å². The molecule has 0 unspecified atom stereocenters. The van der Waals surface area contributed by atoms with Gasteiger partial charge in [0.2, 0.25) is 0 Å². The van der Waals surface area contributed by atoms with Gasteiger partial charge in [0.15, 0.2) is 0 Å². The fourth-order valence-electron chi connectivity index (χ4n) is 1.30. The normalized spacial score (nSPS) is 10.5. The number of hydrogen-bond acceptors (Lipinski definition) is 4. The Labute approximate surface area is 93.1 Å². The van der Waals surface area contributed by atoms with Gasteiger partial charge < -0.3 is 10.8 Å². The van der Waals surface area contributed by atoms with Gasteiger partial charge in [-0.1, -0.05) is 6.42 Å². The minimum atomic E-state index is -0.824. The van der Waals surface area contributed by atoms with E-state index in [0.717, 1.165) is 37.2 Å². The van der Waals surface area contributed by atoms with Crippen molar-refractivity contribution in [3.8, 4) is 0 Å². The lowest BCUT2D eigenvalue weighted by Crippen LogP contribution is -2.00. The van der Waals surface area contributed by atoms with Gasteiger partial charge in [-0.3, -0.25) is 4.79 Å². The number of aryl methyl sites for hydroxylation is 1. The lowest BCUT2D eigenvalue weighted by atomic mass is 10.2. The maximum absolute atomic E-state index is 10.4. The Morgan fingerprint density at radius 1 is 1.47 bits per heavy atom. The third-order valence-electron chi connectivity index (χ3n) is 2.03. The molecular formula is C10H16N2O2S. The molecule has 0 bridgehead atoms. The highest BCUT2D eigenvalue weighted by Gasteiger charge is 2.05. The molecule has 0 radical (unpaired) electrons. The van der Waals surface area contributed by atoms with E-state index in [4.69, 9.17) is 10.8 Å². The molecule has 3 N–H and O–H groups in total. The van der Waals surface area contributed by atoms with E-state index in [1.54, 1.807) is 11.3 Å². The molecule has 0 aliphatic rings. The fourth-order valence-corrected chi connectivity index (χ4v) is 2.14. The number of rotatable bonds is 7. The third kappa shape index (κ3) is 4.90. The maximum atomic E-state index is 10.4. The van der Waals surface area contributed by atoms with E-state index in [1.807, 2.05) is 5.38 Å². The molecule has 0 aliphatic heterocycles. The smallest absolute Gasteiger partial charge is 0.309 e. The average Bonchev–Trinajstić information content (AvgIpc) is 2.59. The highest BCUT2D eigenvalue weighted by atomic mass is 32.1. The van der Waals surface area contributed by atoms with E-state index in [2.05, 4.69) is 4.98 Å². The summed E-state index contributed by atoms with van der Waals surface area (Å²) in [6.07, 6.45) is 4.21. The van der Waals surface area contributed by atoms with E-state index in [9.17, 15) is 4.79 Å². The molecule has 0 atom stereocenters. The Kier molecular flexibility index (Phi) is 5.28. The van der Waals surface area contributed by atoms with Crippen LogP contribution in [0.4, 0.5) is 0 Å². The molecule has 0 saturated heterocycles. The largest absolute Gasteiger partial charge is 0.481 e. The SMILES string of the molecule is NCCCCCc1nc(CC(=O)O)cs1. The second-order valence-electron chi connectivity index (χ2n) is 3.40. The molecular weight excluding hydrogens is 212 g/mol. The van der Waals surface area contributed by atoms with E-state index >= 15 is 0 Å². The standard InChI is InChI=1S/C10H16N2O2S/c11-5-3-1-2-4-9-12-8(7-15-9)6-10(13)14/h7H,1-6,11H2,(H,13,14). The van der Waals surface area contributed by atoms with Gasteiger partial charge in [-0.25, -0.2) is 4.98 Å². The summed E-state index contributed by atoms with van der Waals surface area (Å²) in [5, 5.41) is 11.4. The predicted molar refractivity (Wildman–Crippen MR) is 60.1 cm³/mol. The van der Waals surface area contributed by atoms with Gasteiger partial charge in [-0.2, -0.15) is 0 Å². The average molecular weight is 228 g/mol. The third-order valence-corrected chi connectivity index (χ3v) is 2.98. The van der Waals surface area contributed by atoms with Crippen LogP contribution >= 0.6 is 11.3 Å². The number of nitrogens with two attached hydrogens (primary N) is 1. The zero-order valence-corrected chi connectivity index (χ0v) is 9.42. The number of carboxylic acids is 1. The number of hydrogen-bond donors (Lipinski definition) is 2. The van der Waals surface area contributed by atoms with E-state index in [-0.39, 0.29) is 6.42 Å². The molecule has 84 valence electrons. The van der Waals surface area contributed by atoms with Crippen molar-refractivity contribution in [2.24, 2.45) is 5.73 Å². The summed E-state index contributed by atoms with van der Waals surface area (Å²) >= 11 is 1.54. The molecule has 0 fully saturated rings. The molecule has 1 aromatic rings. The summed E-state index contributed by atoms with van der Waals surface area (Å²) in [6, 6.07) is 0. The predicted octanol–water partition coefficient (Wildman–Crippen LogP) is 1.44. The summed E-state index contributed by atoms with van der Waals surface area (Å²) in [4.78, 5) is 14.7. The Morgan fingerprint density at radius 3 is 2.93 bits per heavy atom. The molecule has 0 amide bonds. The number of aromatic nitrogens is 1. The van der Waals surface area contributed by atoms with Crippen LogP contribution in [0, 0.1) is 0 Å². The van der Waals surface area contributed by atoms with Crippen molar-refractivity contribution >= 4 is 17.3 Å². The number of aliphatic carboxylic acids is 1. The second-order valence-corrected chi connectivity index (χ2v) is 4.35. The minimum Gasteiger partial charge on any atom is -0.481 e. The van der Waals surface area contributed by atoms with Gasteiger partial charge in [0.05, 0.1) is 17.1 Å². The van der Waals surface area contributed by atoms with Crippen LogP contribution in [-0.2, 0) is 17.6 Å². The van der Waals surface area contributed by atoms with Gasteiger partial charge in [0.1, 0.15) is 0 Å². The van der Waals surface area contributed by atoms with Crippen LogP contribution in [0.2, 0.25) is 0 Å². The number of carbonyl (C=O) groups is 1. The summed E-state index contributed by atoms with van der Waals surface area (Å²) < 4.78 is 0. The fraction of sp³-hybridized carbons (Fsp3) is 0.600. The van der Waals surface area contributed by atoms with Gasteiger partial charge in [0, 0.05) is 5.38 Å². The van der Waals surface area contributed by atoms with Gasteiger partial charge in [-0.05, 0) is 25.8 Å². The molecule has 0 aromatic carbocycles. The molecule has 0 saturated carbocycles. The minimum absolute atomic E-state index is 0.0271. The highest BCUT2D eigenvalue weighted by Crippen LogP contribution is 2.13. The van der Waals surface area contributed by atoms with Crippen molar-refractivity contribution in [3.63, 3.8) is 0 Å². The molecule has 15 heavy (non-hydrogen) atoms. The lowest BCUT2D eigenvalue weighted by molar-refractivity contribution is -0.136. The number of thiazole rings is 1. The summed E-state index contributed by atoms with van der Waals surface area (Å²) in [7, 11) is 0. The van der Waals surface area contributed by atoms with Crippen molar-refractivity contribution in [1.82, 2.24) is 4.98 Å². The topological polar surface area (TPSA) is 76.2 Å². The van der Waals surface area contributed by atoms with Gasteiger partial charge in [-0.15, -0.1) is 11.3 Å². The highest BCUT2D eigenvalue weighted by molar-refractivity contribution is 7.09. The van der Waals surface area contributed by atoms with Crippen LogP contribution in [0.15, 0.2) is 5.38 Å². The van der Waals surface area contributed by atoms with E-state index < -0.39 is 5.97 Å². The first-order chi connectivity index (χ1) is 7.22.